The maximum absolute atomic E-state index is 13.0. The van der Waals surface area contributed by atoms with E-state index in [9.17, 15) is 4.79 Å². The van der Waals surface area contributed by atoms with Crippen LogP contribution in [0.15, 0.2) is 36.8 Å². The number of aromatic nitrogens is 3. The lowest BCUT2D eigenvalue weighted by atomic mass is 9.95. The zero-order valence-corrected chi connectivity index (χ0v) is 12.5. The van der Waals surface area contributed by atoms with E-state index in [4.69, 9.17) is 5.73 Å². The van der Waals surface area contributed by atoms with Crippen molar-refractivity contribution in [2.24, 2.45) is 5.92 Å². The molecule has 1 aliphatic heterocycles. The van der Waals surface area contributed by atoms with Crippen molar-refractivity contribution >= 4 is 22.5 Å². The number of nitrogen functional groups attached to an aromatic ring is 1. The Morgan fingerprint density at radius 3 is 3.14 bits per heavy atom. The van der Waals surface area contributed by atoms with Crippen LogP contribution in [0.3, 0.4) is 0 Å². The van der Waals surface area contributed by atoms with Gasteiger partial charge in [0.15, 0.2) is 0 Å². The molecule has 0 amide bonds. The molecule has 1 atom stereocenters. The fourth-order valence-electron chi connectivity index (χ4n) is 3.44. The van der Waals surface area contributed by atoms with E-state index >= 15 is 0 Å². The fourth-order valence-corrected chi connectivity index (χ4v) is 3.44. The Bertz CT molecular complexity index is 874. The zero-order valence-electron chi connectivity index (χ0n) is 12.5. The van der Waals surface area contributed by atoms with Gasteiger partial charge in [0.2, 0.25) is 5.91 Å². The van der Waals surface area contributed by atoms with Gasteiger partial charge in [-0.05, 0) is 31.5 Å². The van der Waals surface area contributed by atoms with Crippen LogP contribution in [0.25, 0.3) is 10.9 Å². The number of anilines is 1. The van der Waals surface area contributed by atoms with Crippen LogP contribution < -0.4 is 5.73 Å². The second-order valence-electron chi connectivity index (χ2n) is 6.01. The topological polar surface area (TPSA) is 65.8 Å². The number of benzene rings is 1. The number of imidazole rings is 1. The number of carbonyl (C=O) groups excluding carboxylic acids is 1. The summed E-state index contributed by atoms with van der Waals surface area (Å²) in [6, 6.07) is 7.73. The van der Waals surface area contributed by atoms with Crippen molar-refractivity contribution in [1.29, 1.82) is 0 Å². The van der Waals surface area contributed by atoms with E-state index in [1.807, 2.05) is 48.3 Å². The molecule has 1 unspecified atom stereocenters. The Morgan fingerprint density at radius 2 is 2.27 bits per heavy atom. The second kappa shape index (κ2) is 4.73. The molecule has 0 aliphatic carbocycles. The number of nitrogens with zero attached hydrogens (tertiary/aromatic N) is 3. The van der Waals surface area contributed by atoms with E-state index in [1.54, 1.807) is 0 Å². The average molecular weight is 294 g/mol. The van der Waals surface area contributed by atoms with Gasteiger partial charge in [0.05, 0.1) is 11.8 Å². The molecule has 0 spiro atoms. The summed E-state index contributed by atoms with van der Waals surface area (Å²) >= 11 is 0. The van der Waals surface area contributed by atoms with Gasteiger partial charge in [0.1, 0.15) is 0 Å². The maximum Gasteiger partial charge on any atom is 0.234 e. The lowest BCUT2D eigenvalue weighted by Crippen LogP contribution is -2.29. The van der Waals surface area contributed by atoms with E-state index in [0.29, 0.717) is 5.69 Å². The van der Waals surface area contributed by atoms with Gasteiger partial charge in [-0.2, -0.15) is 0 Å². The largest absolute Gasteiger partial charge is 0.398 e. The van der Waals surface area contributed by atoms with Crippen LogP contribution in [-0.4, -0.2) is 20.0 Å². The first kappa shape index (κ1) is 13.1. The Labute approximate surface area is 128 Å². The van der Waals surface area contributed by atoms with E-state index in [1.165, 1.54) is 0 Å². The first-order chi connectivity index (χ1) is 10.6. The number of aryl methyl sites for hydroxylation is 2. The lowest BCUT2D eigenvalue weighted by Gasteiger charge is -2.23. The summed E-state index contributed by atoms with van der Waals surface area (Å²) in [5, 5.41) is 0.953. The van der Waals surface area contributed by atoms with Gasteiger partial charge in [0.25, 0.3) is 0 Å². The monoisotopic (exact) mass is 294 g/mol. The Morgan fingerprint density at radius 1 is 1.41 bits per heavy atom. The molecule has 0 saturated heterocycles. The highest BCUT2D eigenvalue weighted by Gasteiger charge is 2.27. The summed E-state index contributed by atoms with van der Waals surface area (Å²) in [4.78, 5) is 17.2. The molecule has 0 radical (unpaired) electrons. The number of fused-ring (bicyclic) bond motifs is 2. The lowest BCUT2D eigenvalue weighted by molar-refractivity contribution is 0.0815. The van der Waals surface area contributed by atoms with Crippen molar-refractivity contribution < 1.29 is 4.79 Å². The highest BCUT2D eigenvalue weighted by atomic mass is 16.2. The SMILES string of the molecule is Cc1cc2c(N)cccc2n1C(=O)C1CCn2cncc2C1. The summed E-state index contributed by atoms with van der Waals surface area (Å²) in [5.41, 5.74) is 9.73. The molecule has 4 rings (SSSR count). The van der Waals surface area contributed by atoms with Crippen molar-refractivity contribution in [3.05, 3.63) is 48.2 Å². The van der Waals surface area contributed by atoms with Gasteiger partial charge in [-0.1, -0.05) is 6.07 Å². The summed E-state index contributed by atoms with van der Waals surface area (Å²) in [6.45, 7) is 2.82. The molecule has 0 saturated carbocycles. The molecular weight excluding hydrogens is 276 g/mol. The van der Waals surface area contributed by atoms with Crippen LogP contribution in [0.5, 0.6) is 0 Å². The van der Waals surface area contributed by atoms with Crippen LogP contribution in [0, 0.1) is 12.8 Å². The summed E-state index contributed by atoms with van der Waals surface area (Å²) in [5.74, 6) is 0.158. The van der Waals surface area contributed by atoms with Crippen molar-refractivity contribution in [2.75, 3.05) is 5.73 Å². The number of carbonyl (C=O) groups is 1. The van der Waals surface area contributed by atoms with Crippen molar-refractivity contribution in [2.45, 2.75) is 26.3 Å². The molecule has 1 aliphatic rings. The summed E-state index contributed by atoms with van der Waals surface area (Å²) in [7, 11) is 0. The molecule has 1 aromatic carbocycles. The summed E-state index contributed by atoms with van der Waals surface area (Å²) in [6.07, 6.45) is 5.30. The van der Waals surface area contributed by atoms with Crippen molar-refractivity contribution in [1.82, 2.24) is 14.1 Å². The molecule has 22 heavy (non-hydrogen) atoms. The van der Waals surface area contributed by atoms with Gasteiger partial charge in [-0.3, -0.25) is 9.36 Å². The van der Waals surface area contributed by atoms with E-state index in [0.717, 1.165) is 41.7 Å². The molecular formula is C17H18N4O. The highest BCUT2D eigenvalue weighted by Crippen LogP contribution is 2.28. The Kier molecular flexibility index (Phi) is 2.82. The Balaban J connectivity index is 1.75. The van der Waals surface area contributed by atoms with Crippen LogP contribution in [-0.2, 0) is 13.0 Å². The molecule has 3 aromatic rings. The third-order valence-electron chi connectivity index (χ3n) is 4.61. The molecule has 0 fully saturated rings. The number of rotatable bonds is 1. The van der Waals surface area contributed by atoms with Crippen molar-refractivity contribution in [3.63, 3.8) is 0 Å². The van der Waals surface area contributed by atoms with Crippen LogP contribution >= 0.6 is 0 Å². The highest BCUT2D eigenvalue weighted by molar-refractivity contribution is 5.99. The Hall–Kier alpha value is -2.56. The third-order valence-corrected chi connectivity index (χ3v) is 4.61. The minimum absolute atomic E-state index is 0.0000642. The normalized spacial score (nSPS) is 17.6. The van der Waals surface area contributed by atoms with Crippen LogP contribution in [0.2, 0.25) is 0 Å². The molecule has 0 bridgehead atoms. The third kappa shape index (κ3) is 1.85. The van der Waals surface area contributed by atoms with Crippen LogP contribution in [0.4, 0.5) is 5.69 Å². The number of hydrogen-bond acceptors (Lipinski definition) is 3. The zero-order chi connectivity index (χ0) is 15.3. The van der Waals surface area contributed by atoms with Gasteiger partial charge in [-0.15, -0.1) is 0 Å². The summed E-state index contributed by atoms with van der Waals surface area (Å²) < 4.78 is 3.95. The number of hydrogen-bond donors (Lipinski definition) is 1. The molecule has 5 nitrogen and oxygen atoms in total. The minimum Gasteiger partial charge on any atom is -0.398 e. The molecule has 112 valence electrons. The minimum atomic E-state index is -0.0000642. The van der Waals surface area contributed by atoms with E-state index in [-0.39, 0.29) is 11.8 Å². The van der Waals surface area contributed by atoms with Crippen molar-refractivity contribution in [3.8, 4) is 0 Å². The van der Waals surface area contributed by atoms with E-state index in [2.05, 4.69) is 9.55 Å². The second-order valence-corrected chi connectivity index (χ2v) is 6.01. The van der Waals surface area contributed by atoms with Gasteiger partial charge in [-0.25, -0.2) is 4.98 Å². The van der Waals surface area contributed by atoms with E-state index < -0.39 is 0 Å². The first-order valence-corrected chi connectivity index (χ1v) is 7.55. The quantitative estimate of drug-likeness (QED) is 0.702. The molecule has 5 heteroatoms. The van der Waals surface area contributed by atoms with Crippen LogP contribution in [0.1, 0.15) is 22.6 Å². The molecule has 2 aromatic heterocycles. The van der Waals surface area contributed by atoms with Gasteiger partial charge >= 0.3 is 0 Å². The standard InChI is InChI=1S/C17H18N4O/c1-11-7-14-15(18)3-2-4-16(14)21(11)17(22)12-5-6-20-10-19-9-13(20)8-12/h2-4,7,9-10,12H,5-6,8,18H2,1H3. The predicted molar refractivity (Wildman–Crippen MR) is 85.8 cm³/mol. The van der Waals surface area contributed by atoms with Gasteiger partial charge < -0.3 is 10.3 Å². The molecule has 2 N–H and O–H groups in total. The maximum atomic E-state index is 13.0. The first-order valence-electron chi connectivity index (χ1n) is 7.55. The average Bonchev–Trinajstić information content (AvgIpc) is 3.10. The number of nitrogens with two attached hydrogens (primary N) is 1. The van der Waals surface area contributed by atoms with Gasteiger partial charge in [0, 0.05) is 47.5 Å². The molecule has 3 heterocycles. The smallest absolute Gasteiger partial charge is 0.234 e. The predicted octanol–water partition coefficient (Wildman–Crippen LogP) is 2.63. The fraction of sp³-hybridized carbons (Fsp3) is 0.294.